The van der Waals surface area contributed by atoms with Gasteiger partial charge in [0.05, 0.1) is 6.33 Å². The number of pyridine rings is 1. The molecule has 0 bridgehead atoms. The maximum absolute atomic E-state index is 12.1. The highest BCUT2D eigenvalue weighted by Gasteiger charge is 2.20. The number of hydrogen-bond donors (Lipinski definition) is 3. The van der Waals surface area contributed by atoms with Crippen molar-refractivity contribution in [2.75, 3.05) is 4.72 Å². The Kier molecular flexibility index (Phi) is 3.11. The van der Waals surface area contributed by atoms with Crippen LogP contribution in [0.15, 0.2) is 34.5 Å². The predicted octanol–water partition coefficient (Wildman–Crippen LogP) is 0.495. The lowest BCUT2D eigenvalue weighted by atomic mass is 10.5. The molecule has 3 heterocycles. The minimum atomic E-state index is -4.13. The summed E-state index contributed by atoms with van der Waals surface area (Å²) in [7, 11) is -4.13. The molecule has 0 spiro atoms. The maximum atomic E-state index is 12.1. The molecular formula is C10H7ClN6O3S. The molecular weight excluding hydrogens is 320 g/mol. The first-order chi connectivity index (χ1) is 9.97. The van der Waals surface area contributed by atoms with Crippen molar-refractivity contribution in [3.05, 3.63) is 40.2 Å². The fraction of sp³-hybridized carbons (Fsp3) is 0. The van der Waals surface area contributed by atoms with Crippen LogP contribution in [0.3, 0.4) is 0 Å². The molecule has 0 fully saturated rings. The molecule has 108 valence electrons. The monoisotopic (exact) mass is 326 g/mol. The highest BCUT2D eigenvalue weighted by atomic mass is 35.5. The summed E-state index contributed by atoms with van der Waals surface area (Å²) in [5, 5.41) is 0.0113. The van der Waals surface area contributed by atoms with Gasteiger partial charge in [-0.15, -0.1) is 0 Å². The first kappa shape index (κ1) is 13.5. The number of hydrogen-bond acceptors (Lipinski definition) is 6. The summed E-state index contributed by atoms with van der Waals surface area (Å²) in [6, 6.07) is 1.10. The van der Waals surface area contributed by atoms with Crippen LogP contribution >= 0.6 is 11.6 Å². The van der Waals surface area contributed by atoms with Crippen LogP contribution in [0.5, 0.6) is 0 Å². The minimum absolute atomic E-state index is 0.0113. The third-order valence-electron chi connectivity index (χ3n) is 2.54. The molecule has 0 radical (unpaired) electrons. The molecule has 0 aliphatic carbocycles. The van der Waals surface area contributed by atoms with Crippen molar-refractivity contribution in [2.45, 2.75) is 4.90 Å². The van der Waals surface area contributed by atoms with E-state index in [1.165, 1.54) is 12.5 Å². The van der Waals surface area contributed by atoms with E-state index in [1.807, 2.05) is 0 Å². The van der Waals surface area contributed by atoms with Crippen LogP contribution in [0.4, 0.5) is 5.95 Å². The van der Waals surface area contributed by atoms with Gasteiger partial charge in [-0.3, -0.25) is 4.79 Å². The molecule has 0 atom stereocenters. The average Bonchev–Trinajstić information content (AvgIpc) is 2.87. The molecule has 9 nitrogen and oxygen atoms in total. The SMILES string of the molecule is O=c1cc[nH]cc1S(=O)(=O)Nc1nc(Cl)c2[nH]cnc2n1. The third kappa shape index (κ3) is 2.45. The van der Waals surface area contributed by atoms with E-state index < -0.39 is 20.3 Å². The highest BCUT2D eigenvalue weighted by Crippen LogP contribution is 2.19. The van der Waals surface area contributed by atoms with Crippen LogP contribution in [-0.2, 0) is 10.0 Å². The molecule has 21 heavy (non-hydrogen) atoms. The van der Waals surface area contributed by atoms with E-state index in [0.717, 1.165) is 12.3 Å². The normalized spacial score (nSPS) is 11.7. The molecule has 3 rings (SSSR count). The van der Waals surface area contributed by atoms with Crippen LogP contribution < -0.4 is 10.2 Å². The number of sulfonamides is 1. The van der Waals surface area contributed by atoms with Gasteiger partial charge in [-0.25, -0.2) is 18.1 Å². The molecule has 0 aromatic carbocycles. The summed E-state index contributed by atoms with van der Waals surface area (Å²) in [5.41, 5.74) is -0.0694. The highest BCUT2D eigenvalue weighted by molar-refractivity contribution is 7.92. The Morgan fingerprint density at radius 2 is 2.10 bits per heavy atom. The molecule has 3 N–H and O–H groups in total. The van der Waals surface area contributed by atoms with Gasteiger partial charge in [0.1, 0.15) is 5.52 Å². The molecule has 3 aromatic heterocycles. The van der Waals surface area contributed by atoms with Crippen molar-refractivity contribution in [1.29, 1.82) is 0 Å². The fourth-order valence-corrected chi connectivity index (χ4v) is 2.85. The second-order valence-corrected chi connectivity index (χ2v) is 5.93. The molecule has 3 aromatic rings. The fourth-order valence-electron chi connectivity index (χ4n) is 1.63. The van der Waals surface area contributed by atoms with E-state index in [2.05, 4.69) is 29.6 Å². The Hall–Kier alpha value is -2.46. The summed E-state index contributed by atoms with van der Waals surface area (Å²) < 4.78 is 26.3. The number of H-pyrrole nitrogens is 2. The average molecular weight is 327 g/mol. The summed E-state index contributed by atoms with van der Waals surface area (Å²) in [4.78, 5) is 27.9. The lowest BCUT2D eigenvalue weighted by Gasteiger charge is -2.05. The molecule has 0 saturated carbocycles. The van der Waals surface area contributed by atoms with E-state index in [9.17, 15) is 13.2 Å². The smallest absolute Gasteiger partial charge is 0.269 e. The van der Waals surface area contributed by atoms with Crippen molar-refractivity contribution >= 4 is 38.7 Å². The van der Waals surface area contributed by atoms with Crippen LogP contribution in [0.2, 0.25) is 5.15 Å². The zero-order valence-corrected chi connectivity index (χ0v) is 11.7. The maximum Gasteiger partial charge on any atom is 0.269 e. The van der Waals surface area contributed by atoms with Crippen molar-refractivity contribution in [2.24, 2.45) is 0 Å². The van der Waals surface area contributed by atoms with E-state index >= 15 is 0 Å². The van der Waals surface area contributed by atoms with Gasteiger partial charge in [-0.05, 0) is 0 Å². The lowest BCUT2D eigenvalue weighted by Crippen LogP contribution is -2.22. The van der Waals surface area contributed by atoms with Gasteiger partial charge in [0.25, 0.3) is 10.0 Å². The van der Waals surface area contributed by atoms with Gasteiger partial charge in [-0.2, -0.15) is 9.97 Å². The largest absolute Gasteiger partial charge is 0.366 e. The van der Waals surface area contributed by atoms with E-state index in [1.54, 1.807) is 0 Å². The minimum Gasteiger partial charge on any atom is -0.366 e. The molecule has 11 heteroatoms. The molecule has 0 unspecified atom stereocenters. The number of halogens is 1. The number of rotatable bonds is 3. The third-order valence-corrected chi connectivity index (χ3v) is 4.17. The number of aromatic amines is 2. The molecule has 0 aliphatic rings. The molecule has 0 aliphatic heterocycles. The Bertz CT molecular complexity index is 980. The van der Waals surface area contributed by atoms with Crippen LogP contribution in [0.1, 0.15) is 0 Å². The van der Waals surface area contributed by atoms with Gasteiger partial charge < -0.3 is 9.97 Å². The Morgan fingerprint density at radius 1 is 1.29 bits per heavy atom. The Morgan fingerprint density at radius 3 is 2.86 bits per heavy atom. The number of fused-ring (bicyclic) bond motifs is 1. The van der Waals surface area contributed by atoms with Gasteiger partial charge >= 0.3 is 0 Å². The predicted molar refractivity (Wildman–Crippen MR) is 74.6 cm³/mol. The van der Waals surface area contributed by atoms with Crippen molar-refractivity contribution in [3.8, 4) is 0 Å². The van der Waals surface area contributed by atoms with Gasteiger partial charge in [0.15, 0.2) is 15.7 Å². The van der Waals surface area contributed by atoms with Crippen LogP contribution in [-0.4, -0.2) is 33.3 Å². The summed E-state index contributed by atoms with van der Waals surface area (Å²) in [6.07, 6.45) is 3.75. The van der Waals surface area contributed by atoms with Crippen molar-refractivity contribution in [1.82, 2.24) is 24.9 Å². The van der Waals surface area contributed by atoms with Crippen molar-refractivity contribution < 1.29 is 8.42 Å². The molecule has 0 amide bonds. The Labute approximate surface area is 122 Å². The summed E-state index contributed by atoms with van der Waals surface area (Å²) in [6.45, 7) is 0. The number of nitrogens with zero attached hydrogens (tertiary/aromatic N) is 3. The quantitative estimate of drug-likeness (QED) is 0.600. The van der Waals surface area contributed by atoms with E-state index in [4.69, 9.17) is 11.6 Å². The second-order valence-electron chi connectivity index (χ2n) is 3.92. The standard InChI is InChI=1S/C10H7ClN6O3S/c11-8-7-9(14-4-13-7)16-10(15-8)17-21(19,20)6-3-12-2-1-5(6)18/h1-4H,(H,12,18)(H2,13,14,15,16,17). The van der Waals surface area contributed by atoms with Gasteiger partial charge in [0.2, 0.25) is 11.4 Å². The Balaban J connectivity index is 2.05. The van der Waals surface area contributed by atoms with E-state index in [0.29, 0.717) is 5.52 Å². The van der Waals surface area contributed by atoms with Gasteiger partial charge in [0, 0.05) is 18.5 Å². The topological polar surface area (TPSA) is 133 Å². The van der Waals surface area contributed by atoms with Crippen LogP contribution in [0, 0.1) is 0 Å². The molecule has 0 saturated heterocycles. The summed E-state index contributed by atoms with van der Waals surface area (Å²) >= 11 is 5.88. The number of imidazole rings is 1. The number of aromatic nitrogens is 5. The summed E-state index contributed by atoms with van der Waals surface area (Å²) in [5.74, 6) is -0.275. The van der Waals surface area contributed by atoms with Crippen molar-refractivity contribution in [3.63, 3.8) is 0 Å². The van der Waals surface area contributed by atoms with Crippen LogP contribution in [0.25, 0.3) is 11.2 Å². The van der Waals surface area contributed by atoms with E-state index in [-0.39, 0.29) is 16.7 Å². The zero-order chi connectivity index (χ0) is 15.0. The lowest BCUT2D eigenvalue weighted by molar-refractivity contribution is 0.599. The number of nitrogens with one attached hydrogen (secondary N) is 3. The zero-order valence-electron chi connectivity index (χ0n) is 10.2. The number of anilines is 1. The second kappa shape index (κ2) is 4.82. The first-order valence-electron chi connectivity index (χ1n) is 5.54. The van der Waals surface area contributed by atoms with Gasteiger partial charge in [-0.1, -0.05) is 11.6 Å². The first-order valence-corrected chi connectivity index (χ1v) is 7.40.